The summed E-state index contributed by atoms with van der Waals surface area (Å²) in [5, 5.41) is 5.82. The Hall–Kier alpha value is -2.77. The molecule has 0 aromatic heterocycles. The highest BCUT2D eigenvalue weighted by Gasteiger charge is 2.35. The Morgan fingerprint density at radius 2 is 1.90 bits per heavy atom. The molecule has 1 unspecified atom stereocenters. The fraction of sp³-hybridized carbons (Fsp3) is 0.591. The van der Waals surface area contributed by atoms with Gasteiger partial charge in [0.25, 0.3) is 0 Å². The Morgan fingerprint density at radius 1 is 1.17 bits per heavy atom. The van der Waals surface area contributed by atoms with E-state index in [0.717, 1.165) is 31.4 Å². The highest BCUT2D eigenvalue weighted by Crippen LogP contribution is 2.24. The summed E-state index contributed by atoms with van der Waals surface area (Å²) in [4.78, 5) is 38.7. The van der Waals surface area contributed by atoms with Gasteiger partial charge < -0.3 is 25.0 Å². The number of ether oxygens (including phenoxy) is 2. The van der Waals surface area contributed by atoms with Gasteiger partial charge in [-0.05, 0) is 25.0 Å². The molecule has 30 heavy (non-hydrogen) atoms. The van der Waals surface area contributed by atoms with Gasteiger partial charge in [-0.25, -0.2) is 0 Å². The minimum absolute atomic E-state index is 0.00279. The van der Waals surface area contributed by atoms with E-state index in [2.05, 4.69) is 17.6 Å². The summed E-state index contributed by atoms with van der Waals surface area (Å²) in [5.74, 6) is -0.359. The molecule has 1 heterocycles. The van der Waals surface area contributed by atoms with Gasteiger partial charge in [0.15, 0.2) is 0 Å². The number of rotatable bonds is 12. The lowest BCUT2D eigenvalue weighted by molar-refractivity contribution is -0.151. The number of nitrogens with one attached hydrogen (secondary N) is 2. The predicted octanol–water partition coefficient (Wildman–Crippen LogP) is 2.34. The van der Waals surface area contributed by atoms with E-state index < -0.39 is 12.0 Å². The van der Waals surface area contributed by atoms with Crippen molar-refractivity contribution in [3.05, 3.63) is 24.3 Å². The number of amides is 2. The number of unbranched alkanes of at least 4 members (excludes halogenated alkanes) is 2. The zero-order valence-electron chi connectivity index (χ0n) is 17.9. The third-order valence-electron chi connectivity index (χ3n) is 4.84. The first-order valence-electron chi connectivity index (χ1n) is 10.7. The first kappa shape index (κ1) is 23.5. The van der Waals surface area contributed by atoms with E-state index in [1.807, 2.05) is 31.2 Å². The molecular formula is C22H33N3O5. The molecule has 8 heteroatoms. The van der Waals surface area contributed by atoms with Gasteiger partial charge in [-0.3, -0.25) is 14.4 Å². The van der Waals surface area contributed by atoms with Crippen LogP contribution in [0.25, 0.3) is 0 Å². The van der Waals surface area contributed by atoms with Crippen LogP contribution in [0.3, 0.4) is 0 Å². The summed E-state index contributed by atoms with van der Waals surface area (Å²) in [6.45, 7) is 5.75. The lowest BCUT2D eigenvalue weighted by Gasteiger charge is -2.34. The monoisotopic (exact) mass is 419 g/mol. The van der Waals surface area contributed by atoms with Crippen LogP contribution in [0.4, 0.5) is 5.69 Å². The van der Waals surface area contributed by atoms with Crippen LogP contribution in [0.1, 0.15) is 46.0 Å². The van der Waals surface area contributed by atoms with Crippen molar-refractivity contribution in [2.75, 3.05) is 38.2 Å². The average molecular weight is 420 g/mol. The van der Waals surface area contributed by atoms with Gasteiger partial charge in [0.2, 0.25) is 11.8 Å². The zero-order chi connectivity index (χ0) is 21.8. The molecule has 1 atom stereocenters. The topological polar surface area (TPSA) is 97.0 Å². The molecule has 1 fully saturated rings. The zero-order valence-corrected chi connectivity index (χ0v) is 17.9. The third kappa shape index (κ3) is 7.24. The van der Waals surface area contributed by atoms with Crippen molar-refractivity contribution < 1.29 is 23.9 Å². The molecule has 0 bridgehead atoms. The third-order valence-corrected chi connectivity index (χ3v) is 4.84. The molecule has 1 saturated heterocycles. The fourth-order valence-corrected chi connectivity index (χ4v) is 3.10. The highest BCUT2D eigenvalue weighted by molar-refractivity contribution is 5.93. The second-order valence-electron chi connectivity index (χ2n) is 7.22. The smallest absolute Gasteiger partial charge is 0.308 e. The van der Waals surface area contributed by atoms with Crippen LogP contribution in [0, 0.1) is 0 Å². The first-order valence-corrected chi connectivity index (χ1v) is 10.7. The van der Waals surface area contributed by atoms with E-state index in [0.29, 0.717) is 32.1 Å². The van der Waals surface area contributed by atoms with Gasteiger partial charge in [0.1, 0.15) is 11.8 Å². The normalized spacial score (nSPS) is 16.0. The highest BCUT2D eigenvalue weighted by atomic mass is 16.5. The summed E-state index contributed by atoms with van der Waals surface area (Å²) in [6, 6.07) is 6.59. The number of piperazine rings is 1. The molecule has 1 aromatic carbocycles. The molecule has 1 aromatic rings. The van der Waals surface area contributed by atoms with Gasteiger partial charge >= 0.3 is 5.97 Å². The first-order chi connectivity index (χ1) is 14.6. The van der Waals surface area contributed by atoms with E-state index in [1.54, 1.807) is 0 Å². The van der Waals surface area contributed by atoms with Gasteiger partial charge in [0.05, 0.1) is 31.9 Å². The van der Waals surface area contributed by atoms with Gasteiger partial charge in [-0.15, -0.1) is 0 Å². The van der Waals surface area contributed by atoms with Crippen LogP contribution >= 0.6 is 0 Å². The fourth-order valence-electron chi connectivity index (χ4n) is 3.10. The van der Waals surface area contributed by atoms with Crippen molar-refractivity contribution in [2.45, 2.75) is 52.0 Å². The number of hydrogen-bond acceptors (Lipinski definition) is 6. The molecule has 0 spiro atoms. The van der Waals surface area contributed by atoms with E-state index in [4.69, 9.17) is 9.47 Å². The van der Waals surface area contributed by atoms with Crippen molar-refractivity contribution >= 4 is 23.5 Å². The van der Waals surface area contributed by atoms with Crippen molar-refractivity contribution in [3.63, 3.8) is 0 Å². The summed E-state index contributed by atoms with van der Waals surface area (Å²) < 4.78 is 10.9. The quantitative estimate of drug-likeness (QED) is 0.399. The Balaban J connectivity index is 1.95. The maximum absolute atomic E-state index is 12.8. The van der Waals surface area contributed by atoms with E-state index in [1.165, 1.54) is 4.90 Å². The molecule has 166 valence electrons. The number of benzene rings is 1. The molecular weight excluding hydrogens is 386 g/mol. The van der Waals surface area contributed by atoms with Crippen molar-refractivity contribution in [1.29, 1.82) is 0 Å². The molecule has 0 aliphatic carbocycles. The minimum atomic E-state index is -0.849. The SMILES string of the molecule is CCCCOC(=O)CC1C(=O)NCCN1C(=O)CNc1ccccc1OCCCC. The second kappa shape index (κ2) is 12.7. The van der Waals surface area contributed by atoms with Gasteiger partial charge in [0, 0.05) is 13.1 Å². The largest absolute Gasteiger partial charge is 0.491 e. The number of carbonyl (C=O) groups excluding carboxylic acids is 3. The second-order valence-corrected chi connectivity index (χ2v) is 7.22. The van der Waals surface area contributed by atoms with Crippen LogP contribution < -0.4 is 15.4 Å². The summed E-state index contributed by atoms with van der Waals surface area (Å²) in [7, 11) is 0. The Bertz CT molecular complexity index is 710. The number of nitrogens with zero attached hydrogens (tertiary/aromatic N) is 1. The summed E-state index contributed by atoms with van der Waals surface area (Å²) >= 11 is 0. The number of carbonyl (C=O) groups is 3. The molecule has 2 N–H and O–H groups in total. The molecule has 2 rings (SSSR count). The Morgan fingerprint density at radius 3 is 2.67 bits per heavy atom. The number of para-hydroxylation sites is 2. The summed E-state index contributed by atoms with van der Waals surface area (Å²) in [5.41, 5.74) is 0.721. The van der Waals surface area contributed by atoms with Crippen LogP contribution in [0.15, 0.2) is 24.3 Å². The van der Waals surface area contributed by atoms with Crippen LogP contribution in [0.2, 0.25) is 0 Å². The Labute approximate surface area is 178 Å². The molecule has 2 amide bonds. The number of esters is 1. The molecule has 0 saturated carbocycles. The maximum Gasteiger partial charge on any atom is 0.308 e. The minimum Gasteiger partial charge on any atom is -0.491 e. The lowest BCUT2D eigenvalue weighted by atomic mass is 10.1. The van der Waals surface area contributed by atoms with Crippen LogP contribution in [-0.4, -0.2) is 61.6 Å². The van der Waals surface area contributed by atoms with Crippen molar-refractivity contribution in [2.24, 2.45) is 0 Å². The van der Waals surface area contributed by atoms with E-state index in [9.17, 15) is 14.4 Å². The van der Waals surface area contributed by atoms with E-state index in [-0.39, 0.29) is 24.8 Å². The molecule has 0 radical (unpaired) electrons. The molecule has 8 nitrogen and oxygen atoms in total. The lowest BCUT2D eigenvalue weighted by Crippen LogP contribution is -2.58. The summed E-state index contributed by atoms with van der Waals surface area (Å²) in [6.07, 6.45) is 3.53. The van der Waals surface area contributed by atoms with Gasteiger partial charge in [-0.2, -0.15) is 0 Å². The van der Waals surface area contributed by atoms with Crippen LogP contribution in [-0.2, 0) is 19.1 Å². The average Bonchev–Trinajstić information content (AvgIpc) is 2.74. The van der Waals surface area contributed by atoms with Crippen LogP contribution in [0.5, 0.6) is 5.75 Å². The van der Waals surface area contributed by atoms with Crippen molar-refractivity contribution in [1.82, 2.24) is 10.2 Å². The van der Waals surface area contributed by atoms with E-state index >= 15 is 0 Å². The molecule has 1 aliphatic rings. The van der Waals surface area contributed by atoms with Crippen molar-refractivity contribution in [3.8, 4) is 5.75 Å². The number of anilines is 1. The maximum atomic E-state index is 12.8. The standard InChI is InChI=1S/C22H33N3O5/c1-3-5-13-29-19-10-8-7-9-17(19)24-16-20(26)25-12-11-23-22(28)18(25)15-21(27)30-14-6-4-2/h7-10,18,24H,3-6,11-16H2,1-2H3,(H,23,28). The molecule has 1 aliphatic heterocycles. The number of hydrogen-bond donors (Lipinski definition) is 2. The van der Waals surface area contributed by atoms with Gasteiger partial charge in [-0.1, -0.05) is 38.8 Å². The Kier molecular flexibility index (Phi) is 9.97. The predicted molar refractivity (Wildman–Crippen MR) is 114 cm³/mol.